The second-order valence-electron chi connectivity index (χ2n) is 7.40. The molecule has 0 radical (unpaired) electrons. The Morgan fingerprint density at radius 2 is 1.42 bits per heavy atom. The van der Waals surface area contributed by atoms with Crippen LogP contribution in [0, 0.1) is 24.0 Å². The number of esters is 1. The molecule has 0 atom stereocenters. The van der Waals surface area contributed by atoms with Gasteiger partial charge < -0.3 is 14.9 Å². The predicted octanol–water partition coefficient (Wildman–Crippen LogP) is 2.64. The molecule has 11 nitrogen and oxygen atoms in total. The Kier molecular flexibility index (Phi) is 5.53. The minimum absolute atomic E-state index is 0.110. The summed E-state index contributed by atoms with van der Waals surface area (Å²) in [5.74, 6) is -1.43. The Balaban J connectivity index is 1.81. The van der Waals surface area contributed by atoms with Crippen molar-refractivity contribution in [3.05, 3.63) is 113 Å². The fourth-order valence-corrected chi connectivity index (χ4v) is 3.75. The van der Waals surface area contributed by atoms with Gasteiger partial charge in [0.1, 0.15) is 5.75 Å². The molecule has 4 aromatic rings. The van der Waals surface area contributed by atoms with Crippen molar-refractivity contribution in [3.8, 4) is 5.75 Å². The summed E-state index contributed by atoms with van der Waals surface area (Å²) in [6.07, 6.45) is 0. The average Bonchev–Trinajstić information content (AvgIpc) is 3.31. The number of benzene rings is 2. The van der Waals surface area contributed by atoms with Gasteiger partial charge in [-0.1, -0.05) is 18.2 Å². The molecule has 0 aliphatic carbocycles. The van der Waals surface area contributed by atoms with E-state index in [-0.39, 0.29) is 17.0 Å². The van der Waals surface area contributed by atoms with Gasteiger partial charge in [0.15, 0.2) is 0 Å². The van der Waals surface area contributed by atoms with E-state index >= 15 is 0 Å². The van der Waals surface area contributed by atoms with Gasteiger partial charge in [0.05, 0.1) is 27.5 Å². The van der Waals surface area contributed by atoms with Gasteiger partial charge in [-0.2, -0.15) is 0 Å². The Hall–Kier alpha value is -4.67. The van der Waals surface area contributed by atoms with Crippen molar-refractivity contribution in [1.82, 2.24) is 20.4 Å². The van der Waals surface area contributed by atoms with Crippen molar-refractivity contribution in [3.63, 3.8) is 0 Å². The van der Waals surface area contributed by atoms with Crippen LogP contribution < -0.4 is 15.9 Å². The first-order chi connectivity index (χ1) is 15.8. The van der Waals surface area contributed by atoms with E-state index in [1.807, 2.05) is 0 Å². The zero-order valence-corrected chi connectivity index (χ0v) is 17.6. The molecule has 2 heterocycles. The van der Waals surface area contributed by atoms with Crippen LogP contribution in [-0.2, 0) is 0 Å². The molecule has 2 aromatic carbocycles. The first-order valence-corrected chi connectivity index (χ1v) is 9.87. The van der Waals surface area contributed by atoms with Crippen LogP contribution in [0.4, 0.5) is 5.69 Å². The summed E-state index contributed by atoms with van der Waals surface area (Å²) in [6, 6.07) is 11.6. The lowest BCUT2D eigenvalue weighted by molar-refractivity contribution is -0.384. The van der Waals surface area contributed by atoms with E-state index in [2.05, 4.69) is 20.4 Å². The van der Waals surface area contributed by atoms with Gasteiger partial charge in [0.2, 0.25) is 0 Å². The van der Waals surface area contributed by atoms with Crippen molar-refractivity contribution in [2.75, 3.05) is 0 Å². The first-order valence-electron chi connectivity index (χ1n) is 9.87. The largest absolute Gasteiger partial charge is 0.423 e. The summed E-state index contributed by atoms with van der Waals surface area (Å²) in [7, 11) is 0. The van der Waals surface area contributed by atoms with Crippen LogP contribution in [-0.4, -0.2) is 31.3 Å². The van der Waals surface area contributed by atoms with Gasteiger partial charge in [-0.3, -0.25) is 29.9 Å². The fraction of sp³-hybridized carbons (Fsp3) is 0.136. The smallest absolute Gasteiger partial charge is 0.343 e. The molecule has 0 aliphatic rings. The monoisotopic (exact) mass is 449 g/mol. The SMILES string of the molecule is Cc1[nH][nH]c(=O)c1C(c1ccccc1OC(=O)c1ccc([N+](=O)[O-])cc1)c1c(C)[nH][nH]c1=O. The number of hydrogen-bond acceptors (Lipinski definition) is 6. The Labute approximate surface area is 185 Å². The lowest BCUT2D eigenvalue weighted by atomic mass is 9.85. The number of carbonyl (C=O) groups excluding carboxylic acids is 1. The maximum absolute atomic E-state index is 12.8. The molecule has 33 heavy (non-hydrogen) atoms. The second-order valence-corrected chi connectivity index (χ2v) is 7.40. The number of nitrogens with zero attached hydrogens (tertiary/aromatic N) is 1. The number of nitro benzene ring substituents is 1. The number of nitro groups is 1. The summed E-state index contributed by atoms with van der Waals surface area (Å²) < 4.78 is 5.61. The average molecular weight is 449 g/mol. The predicted molar refractivity (Wildman–Crippen MR) is 118 cm³/mol. The van der Waals surface area contributed by atoms with Crippen LogP contribution in [0.15, 0.2) is 58.1 Å². The highest BCUT2D eigenvalue weighted by atomic mass is 16.6. The Bertz CT molecular complexity index is 1400. The lowest BCUT2D eigenvalue weighted by Gasteiger charge is -2.19. The molecule has 0 fully saturated rings. The summed E-state index contributed by atoms with van der Waals surface area (Å²) >= 11 is 0. The molecule has 4 rings (SSSR count). The van der Waals surface area contributed by atoms with Crippen LogP contribution in [0.3, 0.4) is 0 Å². The van der Waals surface area contributed by atoms with Crippen LogP contribution in [0.25, 0.3) is 0 Å². The van der Waals surface area contributed by atoms with Gasteiger partial charge >= 0.3 is 5.97 Å². The quantitative estimate of drug-likeness (QED) is 0.153. The van der Waals surface area contributed by atoms with Gasteiger partial charge in [-0.05, 0) is 32.0 Å². The number of carbonyl (C=O) groups is 1. The number of H-pyrrole nitrogens is 4. The molecule has 0 saturated carbocycles. The molecule has 4 N–H and O–H groups in total. The van der Waals surface area contributed by atoms with Crippen molar-refractivity contribution < 1.29 is 14.5 Å². The summed E-state index contributed by atoms with van der Waals surface area (Å²) in [4.78, 5) is 48.3. The third-order valence-corrected chi connectivity index (χ3v) is 5.35. The van der Waals surface area contributed by atoms with Crippen molar-refractivity contribution in [2.24, 2.45) is 0 Å². The number of aryl methyl sites for hydroxylation is 2. The number of para-hydroxylation sites is 1. The van der Waals surface area contributed by atoms with E-state index in [9.17, 15) is 24.5 Å². The van der Waals surface area contributed by atoms with Crippen molar-refractivity contribution in [2.45, 2.75) is 19.8 Å². The third kappa shape index (κ3) is 3.99. The molecule has 0 unspecified atom stereocenters. The topological polar surface area (TPSA) is 167 Å². The highest BCUT2D eigenvalue weighted by molar-refractivity contribution is 5.91. The second kappa shape index (κ2) is 8.46. The third-order valence-electron chi connectivity index (χ3n) is 5.35. The number of hydrogen-bond donors (Lipinski definition) is 4. The molecule has 0 bridgehead atoms. The molecule has 11 heteroatoms. The van der Waals surface area contributed by atoms with E-state index in [4.69, 9.17) is 4.74 Å². The molecule has 0 aliphatic heterocycles. The number of ether oxygens (including phenoxy) is 1. The molecule has 0 spiro atoms. The lowest BCUT2D eigenvalue weighted by Crippen LogP contribution is -2.21. The van der Waals surface area contributed by atoms with Crippen LogP contribution >= 0.6 is 0 Å². The maximum Gasteiger partial charge on any atom is 0.343 e. The zero-order valence-electron chi connectivity index (χ0n) is 17.6. The maximum atomic E-state index is 12.8. The standard InChI is InChI=1S/C22H19N5O6/c1-11-17(20(28)25-23-11)19(18-12(2)24-26-21(18)29)15-5-3-4-6-16(15)33-22(30)13-7-9-14(10-8-13)27(31)32/h3-10,19H,1-2H3,(H2,23,25,28)(H2,24,26,29). The molecule has 0 amide bonds. The minimum atomic E-state index is -0.837. The number of non-ortho nitro benzene ring substituents is 1. The molecule has 168 valence electrons. The highest BCUT2D eigenvalue weighted by Gasteiger charge is 2.30. The Morgan fingerprint density at radius 1 is 0.879 bits per heavy atom. The summed E-state index contributed by atoms with van der Waals surface area (Å²) in [6.45, 7) is 3.39. The summed E-state index contributed by atoms with van der Waals surface area (Å²) in [5, 5.41) is 21.4. The number of nitrogens with one attached hydrogen (secondary N) is 4. The van der Waals surface area contributed by atoms with Gasteiger partial charge in [0.25, 0.3) is 16.8 Å². The van der Waals surface area contributed by atoms with Gasteiger partial charge in [-0.15, -0.1) is 0 Å². The highest BCUT2D eigenvalue weighted by Crippen LogP contribution is 2.36. The number of aromatic amines is 4. The summed E-state index contributed by atoms with van der Waals surface area (Å²) in [5.41, 5.74) is 1.24. The van der Waals surface area contributed by atoms with E-state index in [0.717, 1.165) is 0 Å². The number of aromatic nitrogens is 4. The Morgan fingerprint density at radius 3 is 1.91 bits per heavy atom. The minimum Gasteiger partial charge on any atom is -0.423 e. The van der Waals surface area contributed by atoms with Crippen molar-refractivity contribution in [1.29, 1.82) is 0 Å². The van der Waals surface area contributed by atoms with Gasteiger partial charge in [-0.25, -0.2) is 4.79 Å². The molecule has 2 aromatic heterocycles. The van der Waals surface area contributed by atoms with E-state index in [0.29, 0.717) is 28.1 Å². The van der Waals surface area contributed by atoms with Crippen LogP contribution in [0.5, 0.6) is 5.75 Å². The fourth-order valence-electron chi connectivity index (χ4n) is 3.75. The first kappa shape index (κ1) is 21.6. The normalized spacial score (nSPS) is 11.0. The number of rotatable bonds is 6. The van der Waals surface area contributed by atoms with Crippen molar-refractivity contribution >= 4 is 11.7 Å². The van der Waals surface area contributed by atoms with Crippen LogP contribution in [0.1, 0.15) is 44.4 Å². The molecular weight excluding hydrogens is 430 g/mol. The van der Waals surface area contributed by atoms with Crippen LogP contribution in [0.2, 0.25) is 0 Å². The van der Waals surface area contributed by atoms with E-state index in [1.165, 1.54) is 24.3 Å². The zero-order chi connectivity index (χ0) is 23.7. The van der Waals surface area contributed by atoms with E-state index < -0.39 is 27.9 Å². The van der Waals surface area contributed by atoms with Gasteiger partial charge in [0, 0.05) is 29.1 Å². The van der Waals surface area contributed by atoms with E-state index in [1.54, 1.807) is 38.1 Å². The molecule has 0 saturated heterocycles. The molecular formula is C22H19N5O6.